The Balaban J connectivity index is 1.82. The topological polar surface area (TPSA) is 49.4 Å². The van der Waals surface area contributed by atoms with E-state index in [1.807, 2.05) is 42.5 Å². The molecule has 0 saturated carbocycles. The number of nitrogens with one attached hydrogen (secondary N) is 1. The molecule has 0 bridgehead atoms. The first-order chi connectivity index (χ1) is 12.7. The number of amides is 2. The Labute approximate surface area is 166 Å². The van der Waals surface area contributed by atoms with E-state index in [0.29, 0.717) is 23.7 Å². The van der Waals surface area contributed by atoms with Crippen LogP contribution in [0.25, 0.3) is 0 Å². The van der Waals surface area contributed by atoms with Crippen LogP contribution >= 0.6 is 11.6 Å². The van der Waals surface area contributed by atoms with Crippen molar-refractivity contribution in [3.63, 3.8) is 0 Å². The van der Waals surface area contributed by atoms with Gasteiger partial charge in [-0.2, -0.15) is 0 Å². The lowest BCUT2D eigenvalue weighted by Gasteiger charge is -2.19. The first-order valence-electron chi connectivity index (χ1n) is 9.04. The van der Waals surface area contributed by atoms with Gasteiger partial charge in [0.1, 0.15) is 0 Å². The lowest BCUT2D eigenvalue weighted by Crippen LogP contribution is -2.32. The standard InChI is InChI=1S/C22H27ClN2O2/c1-22(2,3)18-11-9-16(10-12-18)21(27)24-14-13-20(26)25(4)15-17-7-5-6-8-19(17)23/h5-12H,13-15H2,1-4H3,(H,24,27). The van der Waals surface area contributed by atoms with Crippen molar-refractivity contribution in [2.45, 2.75) is 39.2 Å². The quantitative estimate of drug-likeness (QED) is 0.799. The van der Waals surface area contributed by atoms with E-state index < -0.39 is 0 Å². The van der Waals surface area contributed by atoms with Crippen molar-refractivity contribution in [3.05, 3.63) is 70.2 Å². The average molecular weight is 387 g/mol. The molecule has 27 heavy (non-hydrogen) atoms. The van der Waals surface area contributed by atoms with Crippen LogP contribution in [0, 0.1) is 0 Å². The number of carbonyl (C=O) groups is 2. The number of hydrogen-bond acceptors (Lipinski definition) is 2. The zero-order valence-electron chi connectivity index (χ0n) is 16.4. The number of halogens is 1. The second-order valence-electron chi connectivity index (χ2n) is 7.67. The summed E-state index contributed by atoms with van der Waals surface area (Å²) in [4.78, 5) is 26.1. The smallest absolute Gasteiger partial charge is 0.251 e. The highest BCUT2D eigenvalue weighted by Crippen LogP contribution is 2.22. The van der Waals surface area contributed by atoms with Crippen LogP contribution in [-0.4, -0.2) is 30.3 Å². The minimum absolute atomic E-state index is 0.0432. The minimum Gasteiger partial charge on any atom is -0.352 e. The fourth-order valence-electron chi connectivity index (χ4n) is 2.67. The third-order valence-electron chi connectivity index (χ3n) is 4.43. The molecule has 1 N–H and O–H groups in total. The van der Waals surface area contributed by atoms with Crippen molar-refractivity contribution in [1.29, 1.82) is 0 Å². The maximum absolute atomic E-state index is 12.3. The monoisotopic (exact) mass is 386 g/mol. The van der Waals surface area contributed by atoms with Gasteiger partial charge in [-0.3, -0.25) is 9.59 Å². The van der Waals surface area contributed by atoms with E-state index in [9.17, 15) is 9.59 Å². The van der Waals surface area contributed by atoms with Gasteiger partial charge in [0.25, 0.3) is 5.91 Å². The van der Waals surface area contributed by atoms with E-state index in [4.69, 9.17) is 11.6 Å². The molecule has 0 spiro atoms. The van der Waals surface area contributed by atoms with Gasteiger partial charge < -0.3 is 10.2 Å². The molecule has 4 nitrogen and oxygen atoms in total. The number of nitrogens with zero attached hydrogens (tertiary/aromatic N) is 1. The van der Waals surface area contributed by atoms with Crippen molar-refractivity contribution < 1.29 is 9.59 Å². The highest BCUT2D eigenvalue weighted by molar-refractivity contribution is 6.31. The third kappa shape index (κ3) is 6.10. The van der Waals surface area contributed by atoms with Gasteiger partial charge in [-0.25, -0.2) is 0 Å². The summed E-state index contributed by atoms with van der Waals surface area (Å²) in [5.41, 5.74) is 2.72. The van der Waals surface area contributed by atoms with Crippen LogP contribution in [0.15, 0.2) is 48.5 Å². The molecule has 2 aromatic rings. The van der Waals surface area contributed by atoms with Gasteiger partial charge in [0.05, 0.1) is 0 Å². The lowest BCUT2D eigenvalue weighted by molar-refractivity contribution is -0.130. The average Bonchev–Trinajstić information content (AvgIpc) is 2.62. The van der Waals surface area contributed by atoms with Gasteiger partial charge in [-0.15, -0.1) is 0 Å². The summed E-state index contributed by atoms with van der Waals surface area (Å²) in [6.07, 6.45) is 0.243. The van der Waals surface area contributed by atoms with E-state index in [2.05, 4.69) is 26.1 Å². The fraction of sp³-hybridized carbons (Fsp3) is 0.364. The molecule has 0 aliphatic carbocycles. The summed E-state index contributed by atoms with van der Waals surface area (Å²) in [7, 11) is 1.73. The highest BCUT2D eigenvalue weighted by atomic mass is 35.5. The molecule has 0 atom stereocenters. The van der Waals surface area contributed by atoms with Gasteiger partial charge >= 0.3 is 0 Å². The van der Waals surface area contributed by atoms with E-state index >= 15 is 0 Å². The van der Waals surface area contributed by atoms with Gasteiger partial charge in [0, 0.05) is 37.1 Å². The lowest BCUT2D eigenvalue weighted by atomic mass is 9.87. The van der Waals surface area contributed by atoms with E-state index in [0.717, 1.165) is 5.56 Å². The second-order valence-corrected chi connectivity index (χ2v) is 8.08. The molecule has 0 aliphatic heterocycles. The van der Waals surface area contributed by atoms with Crippen molar-refractivity contribution in [1.82, 2.24) is 10.2 Å². The van der Waals surface area contributed by atoms with Crippen LogP contribution in [0.4, 0.5) is 0 Å². The zero-order chi connectivity index (χ0) is 20.0. The molecule has 2 rings (SSSR count). The SMILES string of the molecule is CN(Cc1ccccc1Cl)C(=O)CCNC(=O)c1ccc(C(C)(C)C)cc1. The Bertz CT molecular complexity index is 795. The molecule has 0 heterocycles. The summed E-state index contributed by atoms with van der Waals surface area (Å²) in [5, 5.41) is 3.45. The van der Waals surface area contributed by atoms with Crippen LogP contribution in [-0.2, 0) is 16.8 Å². The summed E-state index contributed by atoms with van der Waals surface area (Å²) < 4.78 is 0. The Morgan fingerprint density at radius 1 is 1.04 bits per heavy atom. The molecule has 5 heteroatoms. The Kier molecular flexibility index (Phi) is 7.03. The Morgan fingerprint density at radius 3 is 2.26 bits per heavy atom. The van der Waals surface area contributed by atoms with Crippen LogP contribution < -0.4 is 5.32 Å². The number of hydrogen-bond donors (Lipinski definition) is 1. The molecule has 0 aliphatic rings. The molecule has 2 amide bonds. The van der Waals surface area contributed by atoms with Crippen LogP contribution in [0.1, 0.15) is 48.7 Å². The minimum atomic E-state index is -0.169. The molecular weight excluding hydrogens is 360 g/mol. The van der Waals surface area contributed by atoms with E-state index in [1.54, 1.807) is 18.0 Å². The summed E-state index contributed by atoms with van der Waals surface area (Å²) >= 11 is 6.13. The van der Waals surface area contributed by atoms with Crippen LogP contribution in [0.2, 0.25) is 5.02 Å². The van der Waals surface area contributed by atoms with Crippen LogP contribution in [0.3, 0.4) is 0 Å². The molecule has 0 radical (unpaired) electrons. The van der Waals surface area contributed by atoms with Crippen LogP contribution in [0.5, 0.6) is 0 Å². The normalized spacial score (nSPS) is 11.1. The third-order valence-corrected chi connectivity index (χ3v) is 4.80. The van der Waals surface area contributed by atoms with E-state index in [-0.39, 0.29) is 23.7 Å². The van der Waals surface area contributed by atoms with Crippen molar-refractivity contribution in [2.75, 3.05) is 13.6 Å². The van der Waals surface area contributed by atoms with E-state index in [1.165, 1.54) is 5.56 Å². The molecule has 0 fully saturated rings. The molecular formula is C22H27ClN2O2. The Hall–Kier alpha value is -2.33. The predicted molar refractivity (Wildman–Crippen MR) is 110 cm³/mol. The predicted octanol–water partition coefficient (Wildman–Crippen LogP) is 4.42. The van der Waals surface area contributed by atoms with Gasteiger partial charge in [0.15, 0.2) is 0 Å². The summed E-state index contributed by atoms with van der Waals surface area (Å²) in [6, 6.07) is 15.0. The molecule has 0 saturated heterocycles. The van der Waals surface area contributed by atoms with Crippen molar-refractivity contribution >= 4 is 23.4 Å². The maximum atomic E-state index is 12.3. The molecule has 144 valence electrons. The fourth-order valence-corrected chi connectivity index (χ4v) is 2.86. The number of carbonyl (C=O) groups excluding carboxylic acids is 2. The molecule has 0 unspecified atom stereocenters. The Morgan fingerprint density at radius 2 is 1.67 bits per heavy atom. The molecule has 0 aromatic heterocycles. The number of benzene rings is 2. The van der Waals surface area contributed by atoms with Gasteiger partial charge in [0.2, 0.25) is 5.91 Å². The first-order valence-corrected chi connectivity index (χ1v) is 9.42. The van der Waals surface area contributed by atoms with Gasteiger partial charge in [-0.1, -0.05) is 62.7 Å². The van der Waals surface area contributed by atoms with Crippen molar-refractivity contribution in [2.24, 2.45) is 0 Å². The highest BCUT2D eigenvalue weighted by Gasteiger charge is 2.15. The first kappa shape index (κ1) is 21.0. The molecule has 2 aromatic carbocycles. The maximum Gasteiger partial charge on any atom is 0.251 e. The summed E-state index contributed by atoms with van der Waals surface area (Å²) in [6.45, 7) is 7.14. The van der Waals surface area contributed by atoms with Gasteiger partial charge in [-0.05, 0) is 34.7 Å². The number of rotatable bonds is 6. The van der Waals surface area contributed by atoms with Crippen molar-refractivity contribution in [3.8, 4) is 0 Å². The summed E-state index contributed by atoms with van der Waals surface area (Å²) in [5.74, 6) is -0.213. The second kappa shape index (κ2) is 9.05. The zero-order valence-corrected chi connectivity index (χ0v) is 17.1. The largest absolute Gasteiger partial charge is 0.352 e.